The number of hydrogen-bond donors (Lipinski definition) is 2. The highest BCUT2D eigenvalue weighted by Gasteiger charge is 2.18. The van der Waals surface area contributed by atoms with Crippen molar-refractivity contribution in [2.75, 3.05) is 38.0 Å². The van der Waals surface area contributed by atoms with Crippen molar-refractivity contribution >= 4 is 11.4 Å². The van der Waals surface area contributed by atoms with E-state index in [2.05, 4.69) is 63.3 Å². The molecule has 2 N–H and O–H groups in total. The molecule has 4 rings (SSSR count). The van der Waals surface area contributed by atoms with E-state index in [0.29, 0.717) is 11.4 Å². The molecule has 1 aromatic heterocycles. The van der Waals surface area contributed by atoms with Crippen LogP contribution in [0, 0.1) is 13.8 Å². The Morgan fingerprint density at radius 2 is 1.28 bits per heavy atom. The van der Waals surface area contributed by atoms with Crippen molar-refractivity contribution in [2.45, 2.75) is 13.8 Å². The highest BCUT2D eigenvalue weighted by molar-refractivity contribution is 5.83. The number of phenols is 1. The van der Waals surface area contributed by atoms with Gasteiger partial charge in [-0.05, 0) is 55.3 Å². The number of benzene rings is 3. The van der Waals surface area contributed by atoms with E-state index >= 15 is 0 Å². The molecule has 0 bridgehead atoms. The summed E-state index contributed by atoms with van der Waals surface area (Å²) in [4.78, 5) is 12.6. The van der Waals surface area contributed by atoms with E-state index < -0.39 is 0 Å². The second-order valence-corrected chi connectivity index (χ2v) is 8.67. The van der Waals surface area contributed by atoms with Gasteiger partial charge in [0.1, 0.15) is 11.6 Å². The number of aryl methyl sites for hydroxylation is 2. The van der Waals surface area contributed by atoms with Gasteiger partial charge >= 0.3 is 0 Å². The average Bonchev–Trinajstić information content (AvgIpc) is 3.21. The first-order valence-electron chi connectivity index (χ1n) is 10.7. The third kappa shape index (κ3) is 4.06. The largest absolute Gasteiger partial charge is 0.507 e. The summed E-state index contributed by atoms with van der Waals surface area (Å²) < 4.78 is 0. The lowest BCUT2D eigenvalue weighted by Gasteiger charge is -2.13. The molecule has 0 saturated heterocycles. The number of rotatable bonds is 5. The Morgan fingerprint density at radius 1 is 0.750 bits per heavy atom. The Kier molecular flexibility index (Phi) is 5.66. The van der Waals surface area contributed by atoms with E-state index in [4.69, 9.17) is 4.98 Å². The fourth-order valence-corrected chi connectivity index (χ4v) is 3.90. The molecule has 0 amide bonds. The molecule has 0 aliphatic carbocycles. The lowest BCUT2D eigenvalue weighted by atomic mass is 10.0. The number of aromatic hydroxyl groups is 1. The number of phenolic OH excluding ortho intramolecular Hbond substituents is 1. The summed E-state index contributed by atoms with van der Waals surface area (Å²) >= 11 is 0. The Morgan fingerprint density at radius 3 is 1.81 bits per heavy atom. The summed E-state index contributed by atoms with van der Waals surface area (Å²) in [5, 5.41) is 10.7. The Hall–Kier alpha value is -3.73. The van der Waals surface area contributed by atoms with Crippen molar-refractivity contribution in [3.63, 3.8) is 0 Å². The molecule has 5 nitrogen and oxygen atoms in total. The van der Waals surface area contributed by atoms with Gasteiger partial charge in [0, 0.05) is 50.7 Å². The molecule has 0 aliphatic heterocycles. The summed E-state index contributed by atoms with van der Waals surface area (Å²) in [7, 11) is 8.12. The van der Waals surface area contributed by atoms with Crippen LogP contribution in [-0.2, 0) is 0 Å². The van der Waals surface area contributed by atoms with Crippen molar-refractivity contribution in [3.05, 3.63) is 71.8 Å². The van der Waals surface area contributed by atoms with Crippen molar-refractivity contribution in [3.8, 4) is 39.7 Å². The van der Waals surface area contributed by atoms with Crippen molar-refractivity contribution in [1.29, 1.82) is 0 Å². The maximum absolute atomic E-state index is 10.7. The Balaban J connectivity index is 1.89. The Labute approximate surface area is 190 Å². The zero-order chi connectivity index (χ0) is 23.0. The lowest BCUT2D eigenvalue weighted by Crippen LogP contribution is -2.08. The van der Waals surface area contributed by atoms with Crippen LogP contribution in [-0.4, -0.2) is 43.3 Å². The van der Waals surface area contributed by atoms with Gasteiger partial charge in [-0.2, -0.15) is 0 Å². The number of aromatic nitrogens is 2. The van der Waals surface area contributed by atoms with Crippen LogP contribution in [0.1, 0.15) is 11.1 Å². The number of H-pyrrole nitrogens is 1. The van der Waals surface area contributed by atoms with Crippen LogP contribution < -0.4 is 9.80 Å². The first kappa shape index (κ1) is 21.5. The minimum atomic E-state index is 0.258. The number of hydrogen-bond acceptors (Lipinski definition) is 4. The molecule has 4 aromatic rings. The third-order valence-corrected chi connectivity index (χ3v) is 5.73. The fourth-order valence-electron chi connectivity index (χ4n) is 3.90. The van der Waals surface area contributed by atoms with Crippen LogP contribution in [0.5, 0.6) is 5.75 Å². The molecular formula is C27H30N4O. The number of nitrogens with zero attached hydrogens (tertiary/aromatic N) is 3. The molecule has 0 saturated carbocycles. The molecule has 0 radical (unpaired) electrons. The predicted molar refractivity (Wildman–Crippen MR) is 135 cm³/mol. The molecule has 1 heterocycles. The molecule has 3 aromatic carbocycles. The zero-order valence-corrected chi connectivity index (χ0v) is 19.6. The van der Waals surface area contributed by atoms with Crippen molar-refractivity contribution in [1.82, 2.24) is 9.97 Å². The molecule has 0 atom stereocenters. The van der Waals surface area contributed by atoms with Crippen molar-refractivity contribution in [2.24, 2.45) is 0 Å². The summed E-state index contributed by atoms with van der Waals surface area (Å²) in [5.74, 6) is 0.918. The van der Waals surface area contributed by atoms with Crippen LogP contribution in [0.2, 0.25) is 0 Å². The Bertz CT molecular complexity index is 1170. The van der Waals surface area contributed by atoms with E-state index in [0.717, 1.165) is 45.0 Å². The summed E-state index contributed by atoms with van der Waals surface area (Å²) in [6.07, 6.45) is 0. The zero-order valence-electron chi connectivity index (χ0n) is 19.6. The second-order valence-electron chi connectivity index (χ2n) is 8.67. The average molecular weight is 427 g/mol. The highest BCUT2D eigenvalue weighted by Crippen LogP contribution is 2.38. The quantitative estimate of drug-likeness (QED) is 0.419. The van der Waals surface area contributed by atoms with E-state index in [1.165, 1.54) is 0 Å². The van der Waals surface area contributed by atoms with Gasteiger partial charge in [0.05, 0.1) is 17.0 Å². The topological polar surface area (TPSA) is 55.4 Å². The van der Waals surface area contributed by atoms with E-state index in [9.17, 15) is 5.11 Å². The van der Waals surface area contributed by atoms with Gasteiger partial charge in [-0.1, -0.05) is 30.3 Å². The first-order valence-corrected chi connectivity index (χ1v) is 10.7. The molecule has 0 fully saturated rings. The van der Waals surface area contributed by atoms with E-state index in [1.54, 1.807) is 0 Å². The van der Waals surface area contributed by atoms with E-state index in [-0.39, 0.29) is 5.75 Å². The highest BCUT2D eigenvalue weighted by atomic mass is 16.3. The predicted octanol–water partition coefficient (Wildman–Crippen LogP) is 5.87. The normalized spacial score (nSPS) is 10.9. The smallest absolute Gasteiger partial charge is 0.142 e. The summed E-state index contributed by atoms with van der Waals surface area (Å²) in [5.41, 5.74) is 8.77. The van der Waals surface area contributed by atoms with Crippen LogP contribution in [0.4, 0.5) is 11.4 Å². The third-order valence-electron chi connectivity index (χ3n) is 5.73. The molecule has 32 heavy (non-hydrogen) atoms. The summed E-state index contributed by atoms with van der Waals surface area (Å²) in [6, 6.07) is 20.7. The van der Waals surface area contributed by atoms with Gasteiger partial charge in [-0.3, -0.25) is 0 Å². The first-order chi connectivity index (χ1) is 15.2. The standard InChI is InChI=1S/C27H30N4O/c1-17-15-18(2)26(32)23(16-17)27-28-24(19-7-11-21(12-8-19)30(3)4)25(29-27)20-9-13-22(14-10-20)31(5)6/h7-16,32H,1-6H3,(H,28,29). The van der Waals surface area contributed by atoms with Gasteiger partial charge in [0.25, 0.3) is 0 Å². The number of aromatic amines is 1. The molecule has 0 spiro atoms. The monoisotopic (exact) mass is 426 g/mol. The maximum atomic E-state index is 10.7. The lowest BCUT2D eigenvalue weighted by molar-refractivity contribution is 0.472. The van der Waals surface area contributed by atoms with Gasteiger partial charge in [0.2, 0.25) is 0 Å². The molecule has 164 valence electrons. The van der Waals surface area contributed by atoms with Crippen LogP contribution >= 0.6 is 0 Å². The van der Waals surface area contributed by atoms with Gasteiger partial charge in [-0.25, -0.2) is 4.98 Å². The van der Waals surface area contributed by atoms with Crippen molar-refractivity contribution < 1.29 is 5.11 Å². The maximum Gasteiger partial charge on any atom is 0.142 e. The minimum Gasteiger partial charge on any atom is -0.507 e. The molecule has 0 aliphatic rings. The molecule has 0 unspecified atom stereocenters. The SMILES string of the molecule is Cc1cc(C)c(O)c(-c2nc(-c3ccc(N(C)C)cc3)c(-c3ccc(N(C)C)cc3)[nH]2)c1. The van der Waals surface area contributed by atoms with E-state index in [1.807, 2.05) is 54.2 Å². The number of nitrogens with one attached hydrogen (secondary N) is 1. The summed E-state index contributed by atoms with van der Waals surface area (Å²) in [6.45, 7) is 3.94. The van der Waals surface area contributed by atoms with Gasteiger partial charge < -0.3 is 19.9 Å². The van der Waals surface area contributed by atoms with Crippen LogP contribution in [0.3, 0.4) is 0 Å². The molecule has 5 heteroatoms. The van der Waals surface area contributed by atoms with Gasteiger partial charge in [-0.15, -0.1) is 0 Å². The number of anilines is 2. The van der Waals surface area contributed by atoms with Crippen LogP contribution in [0.15, 0.2) is 60.7 Å². The number of imidazole rings is 1. The van der Waals surface area contributed by atoms with Crippen LogP contribution in [0.25, 0.3) is 33.9 Å². The molecular weight excluding hydrogens is 396 g/mol. The second kappa shape index (κ2) is 8.42. The van der Waals surface area contributed by atoms with Gasteiger partial charge in [0.15, 0.2) is 0 Å². The minimum absolute atomic E-state index is 0.258. The fraction of sp³-hybridized carbons (Fsp3) is 0.222.